The van der Waals surface area contributed by atoms with Gasteiger partial charge < -0.3 is 25.0 Å². The number of cyclic esters (lactones) is 1. The zero-order valence-corrected chi connectivity index (χ0v) is 21.5. The molecule has 3 rings (SSSR count). The van der Waals surface area contributed by atoms with E-state index in [0.717, 1.165) is 25.8 Å². The van der Waals surface area contributed by atoms with Gasteiger partial charge >= 0.3 is 12.0 Å². The number of hydrogen-bond acceptors (Lipinski definition) is 5. The molecule has 2 aliphatic rings. The van der Waals surface area contributed by atoms with Gasteiger partial charge in [0.25, 0.3) is 0 Å². The molecule has 35 heavy (non-hydrogen) atoms. The Bertz CT molecular complexity index is 846. The van der Waals surface area contributed by atoms with Gasteiger partial charge in [-0.05, 0) is 56.8 Å². The number of esters is 1. The molecule has 1 aliphatic carbocycles. The summed E-state index contributed by atoms with van der Waals surface area (Å²) in [5.41, 5.74) is 0.0504. The molecule has 8 heteroatoms. The molecule has 2 unspecified atom stereocenters. The van der Waals surface area contributed by atoms with Gasteiger partial charge in [0.15, 0.2) is 0 Å². The Morgan fingerprint density at radius 2 is 2.03 bits per heavy atom. The molecule has 0 spiro atoms. The number of hydrogen-bond donors (Lipinski definition) is 2. The Morgan fingerprint density at radius 3 is 2.74 bits per heavy atom. The van der Waals surface area contributed by atoms with E-state index in [1.165, 1.54) is 50.3 Å². The summed E-state index contributed by atoms with van der Waals surface area (Å²) < 4.78 is 25.2. The minimum Gasteiger partial charge on any atom is -0.450 e. The van der Waals surface area contributed by atoms with Crippen molar-refractivity contribution in [1.29, 1.82) is 0 Å². The molecular weight excluding hydrogens is 449 g/mol. The van der Waals surface area contributed by atoms with E-state index in [2.05, 4.69) is 10.6 Å². The van der Waals surface area contributed by atoms with Crippen molar-refractivity contribution >= 4 is 12.0 Å². The number of carbonyl (C=O) groups excluding carboxylic acids is 2. The Labute approximate surface area is 209 Å². The molecule has 1 saturated carbocycles. The van der Waals surface area contributed by atoms with Gasteiger partial charge in [0.1, 0.15) is 11.4 Å². The Morgan fingerprint density at radius 1 is 1.26 bits per heavy atom. The maximum absolute atomic E-state index is 14.1. The number of fused-ring (bicyclic) bond motifs is 1. The predicted molar refractivity (Wildman–Crippen MR) is 134 cm³/mol. The molecule has 1 heterocycles. The molecule has 1 aliphatic heterocycles. The number of carbonyl (C=O) groups is 2. The van der Waals surface area contributed by atoms with Crippen molar-refractivity contribution in [2.24, 2.45) is 5.92 Å². The molecule has 1 aromatic carbocycles. The molecule has 1 aromatic rings. The highest BCUT2D eigenvalue weighted by atomic mass is 19.1. The number of ether oxygens (including phenoxy) is 2. The van der Waals surface area contributed by atoms with Gasteiger partial charge in [0.2, 0.25) is 0 Å². The second-order valence-corrected chi connectivity index (χ2v) is 10.1. The number of halogens is 1. The van der Waals surface area contributed by atoms with Crippen molar-refractivity contribution in [2.75, 3.05) is 40.9 Å². The fourth-order valence-electron chi connectivity index (χ4n) is 5.51. The first-order valence-corrected chi connectivity index (χ1v) is 13.1. The van der Waals surface area contributed by atoms with Gasteiger partial charge in [-0.25, -0.2) is 14.0 Å². The van der Waals surface area contributed by atoms with Gasteiger partial charge in [-0.3, -0.25) is 0 Å². The van der Waals surface area contributed by atoms with Crippen LogP contribution in [0.3, 0.4) is 0 Å². The summed E-state index contributed by atoms with van der Waals surface area (Å²) in [6.45, 7) is 1.72. The zero-order chi connectivity index (χ0) is 25.3. The molecule has 2 amide bonds. The van der Waals surface area contributed by atoms with Crippen LogP contribution in [0, 0.1) is 11.7 Å². The van der Waals surface area contributed by atoms with Gasteiger partial charge in [-0.2, -0.15) is 0 Å². The number of benzene rings is 1. The van der Waals surface area contributed by atoms with Crippen LogP contribution in [0.4, 0.5) is 9.18 Å². The highest BCUT2D eigenvalue weighted by Crippen LogP contribution is 2.43. The number of urea groups is 1. The number of nitrogens with zero attached hydrogens (tertiary/aromatic N) is 1. The van der Waals surface area contributed by atoms with Crippen LogP contribution < -0.4 is 10.6 Å². The molecule has 7 nitrogen and oxygen atoms in total. The summed E-state index contributed by atoms with van der Waals surface area (Å²) in [4.78, 5) is 27.3. The zero-order valence-electron chi connectivity index (χ0n) is 21.5. The lowest BCUT2D eigenvalue weighted by atomic mass is 9.84. The van der Waals surface area contributed by atoms with E-state index >= 15 is 0 Å². The summed E-state index contributed by atoms with van der Waals surface area (Å²) in [5, 5.41) is 6.39. The van der Waals surface area contributed by atoms with Crippen molar-refractivity contribution in [3.8, 4) is 0 Å². The third kappa shape index (κ3) is 7.40. The van der Waals surface area contributed by atoms with Gasteiger partial charge in [-0.1, -0.05) is 32.1 Å². The SMILES string of the molecule is CNCC(CC1CCCCC1)NC(=O)N(C)CCC1(CCCCOC)OC(=O)c2ccc(F)cc21. The third-order valence-electron chi connectivity index (χ3n) is 7.48. The lowest BCUT2D eigenvalue weighted by Crippen LogP contribution is -2.48. The standard InChI is InChI=1S/C27H42FN3O4/c1-29-19-22(17-20-9-5-4-6-10-20)30-26(33)31(2)15-14-27(13-7-8-16-34-3)24-18-21(28)11-12-23(24)25(32)35-27/h11-12,18,20,22,29H,4-10,13-17,19H2,1-3H3,(H,30,33). The molecule has 0 saturated heterocycles. The molecule has 2 N–H and O–H groups in total. The Kier molecular flexibility index (Phi) is 10.3. The van der Waals surface area contributed by atoms with E-state index in [1.54, 1.807) is 19.1 Å². The molecule has 2 atom stereocenters. The molecule has 0 bridgehead atoms. The highest BCUT2D eigenvalue weighted by Gasteiger charge is 2.45. The molecule has 0 aromatic heterocycles. The number of amides is 2. The van der Waals surface area contributed by atoms with Gasteiger partial charge in [0, 0.05) is 51.9 Å². The summed E-state index contributed by atoms with van der Waals surface area (Å²) in [5.74, 6) is -0.167. The lowest BCUT2D eigenvalue weighted by molar-refractivity contribution is -0.0219. The normalized spacial score (nSPS) is 20.9. The monoisotopic (exact) mass is 491 g/mol. The summed E-state index contributed by atoms with van der Waals surface area (Å²) in [7, 11) is 5.32. The maximum Gasteiger partial charge on any atom is 0.339 e. The molecule has 196 valence electrons. The fourth-order valence-corrected chi connectivity index (χ4v) is 5.51. The van der Waals surface area contributed by atoms with Crippen LogP contribution >= 0.6 is 0 Å². The Hall–Kier alpha value is -2.19. The minimum atomic E-state index is -0.941. The first-order valence-electron chi connectivity index (χ1n) is 13.1. The van der Waals surface area contributed by atoms with E-state index in [9.17, 15) is 14.0 Å². The van der Waals surface area contributed by atoms with Crippen LogP contribution in [-0.4, -0.2) is 63.8 Å². The number of nitrogens with one attached hydrogen (secondary N) is 2. The van der Waals surface area contributed by atoms with Crippen molar-refractivity contribution in [2.45, 2.75) is 75.9 Å². The van der Waals surface area contributed by atoms with Crippen molar-refractivity contribution in [3.05, 3.63) is 35.1 Å². The number of unbranched alkanes of at least 4 members (excludes halogenated alkanes) is 1. The van der Waals surface area contributed by atoms with Gasteiger partial charge in [-0.15, -0.1) is 0 Å². The van der Waals surface area contributed by atoms with Crippen LogP contribution in [0.25, 0.3) is 0 Å². The average Bonchev–Trinajstić information content (AvgIpc) is 3.12. The van der Waals surface area contributed by atoms with Crippen LogP contribution in [0.2, 0.25) is 0 Å². The first-order chi connectivity index (χ1) is 16.9. The number of rotatable bonds is 13. The van der Waals surface area contributed by atoms with E-state index in [4.69, 9.17) is 9.47 Å². The largest absolute Gasteiger partial charge is 0.450 e. The summed E-state index contributed by atoms with van der Waals surface area (Å²) in [6, 6.07) is 4.12. The van der Waals surface area contributed by atoms with E-state index in [1.807, 2.05) is 7.05 Å². The van der Waals surface area contributed by atoms with Crippen LogP contribution in [-0.2, 0) is 15.1 Å². The maximum atomic E-state index is 14.1. The van der Waals surface area contributed by atoms with Crippen molar-refractivity contribution < 1.29 is 23.5 Å². The quantitative estimate of drug-likeness (QED) is 0.311. The van der Waals surface area contributed by atoms with Crippen molar-refractivity contribution in [1.82, 2.24) is 15.5 Å². The minimum absolute atomic E-state index is 0.0696. The smallest absolute Gasteiger partial charge is 0.339 e. The Balaban J connectivity index is 1.64. The summed E-state index contributed by atoms with van der Waals surface area (Å²) in [6.07, 6.45) is 9.85. The molecule has 1 fully saturated rings. The molecule has 0 radical (unpaired) electrons. The average molecular weight is 492 g/mol. The highest BCUT2D eigenvalue weighted by molar-refractivity contribution is 5.94. The molecular formula is C27H42FN3O4. The summed E-state index contributed by atoms with van der Waals surface area (Å²) >= 11 is 0. The van der Waals surface area contributed by atoms with Crippen LogP contribution in [0.5, 0.6) is 0 Å². The predicted octanol–water partition coefficient (Wildman–Crippen LogP) is 4.60. The fraction of sp³-hybridized carbons (Fsp3) is 0.704. The van der Waals surface area contributed by atoms with Crippen LogP contribution in [0.15, 0.2) is 18.2 Å². The second kappa shape index (κ2) is 13.2. The lowest BCUT2D eigenvalue weighted by Gasteiger charge is -2.32. The topological polar surface area (TPSA) is 79.9 Å². The van der Waals surface area contributed by atoms with Crippen molar-refractivity contribution in [3.63, 3.8) is 0 Å². The van der Waals surface area contributed by atoms with E-state index < -0.39 is 17.4 Å². The first kappa shape index (κ1) is 27.4. The number of likely N-dealkylation sites (N-methyl/N-ethyl adjacent to an activating group) is 1. The van der Waals surface area contributed by atoms with E-state index in [-0.39, 0.29) is 12.1 Å². The van der Waals surface area contributed by atoms with E-state index in [0.29, 0.717) is 43.0 Å². The van der Waals surface area contributed by atoms with Crippen LogP contribution in [0.1, 0.15) is 80.1 Å². The second-order valence-electron chi connectivity index (χ2n) is 10.1. The number of methoxy groups -OCH3 is 1. The van der Waals surface area contributed by atoms with Gasteiger partial charge in [0.05, 0.1) is 5.56 Å². The third-order valence-corrected chi connectivity index (χ3v) is 7.48.